The zero-order chi connectivity index (χ0) is 20.0. The molecule has 28 heavy (non-hydrogen) atoms. The van der Waals surface area contributed by atoms with Crippen molar-refractivity contribution in [1.29, 1.82) is 0 Å². The Labute approximate surface area is 168 Å². The number of benzene rings is 2. The second-order valence-corrected chi connectivity index (χ2v) is 9.09. The predicted octanol–water partition coefficient (Wildman–Crippen LogP) is 3.55. The molecule has 152 valence electrons. The molecule has 0 amide bonds. The van der Waals surface area contributed by atoms with Crippen LogP contribution < -0.4 is 4.72 Å². The smallest absolute Gasteiger partial charge is 0.241 e. The van der Waals surface area contributed by atoms with Gasteiger partial charge in [0.15, 0.2) is 0 Å². The second kappa shape index (κ2) is 9.65. The van der Waals surface area contributed by atoms with E-state index in [1.165, 1.54) is 0 Å². The number of sulfonamides is 1. The Morgan fingerprint density at radius 2 is 1.64 bits per heavy atom. The predicted molar refractivity (Wildman–Crippen MR) is 112 cm³/mol. The van der Waals surface area contributed by atoms with Crippen molar-refractivity contribution in [3.05, 3.63) is 65.7 Å². The van der Waals surface area contributed by atoms with E-state index in [1.807, 2.05) is 42.5 Å². The maximum Gasteiger partial charge on any atom is 0.241 e. The molecule has 1 aliphatic rings. The zero-order valence-corrected chi connectivity index (χ0v) is 17.5. The maximum absolute atomic E-state index is 13.1. The molecule has 2 atom stereocenters. The molecule has 1 aliphatic heterocycles. The highest BCUT2D eigenvalue weighted by atomic mass is 32.2. The van der Waals surface area contributed by atoms with Crippen molar-refractivity contribution in [3.63, 3.8) is 0 Å². The lowest BCUT2D eigenvalue weighted by Crippen LogP contribution is -2.43. The van der Waals surface area contributed by atoms with Crippen LogP contribution in [-0.4, -0.2) is 46.2 Å². The van der Waals surface area contributed by atoms with Gasteiger partial charge in [-0.05, 0) is 35.6 Å². The molecular weight excluding hydrogens is 372 g/mol. The van der Waals surface area contributed by atoms with Gasteiger partial charge in [-0.1, -0.05) is 56.3 Å². The van der Waals surface area contributed by atoms with E-state index in [9.17, 15) is 8.42 Å². The summed E-state index contributed by atoms with van der Waals surface area (Å²) in [5.41, 5.74) is 2.13. The fraction of sp³-hybridized carbons (Fsp3) is 0.455. The molecule has 0 radical (unpaired) electrons. The third-order valence-electron chi connectivity index (χ3n) is 5.42. The van der Waals surface area contributed by atoms with Gasteiger partial charge in [-0.2, -0.15) is 0 Å². The topological polar surface area (TPSA) is 58.6 Å². The first-order valence-electron chi connectivity index (χ1n) is 9.97. The van der Waals surface area contributed by atoms with Gasteiger partial charge in [0.1, 0.15) is 0 Å². The summed E-state index contributed by atoms with van der Waals surface area (Å²) in [6.45, 7) is 7.90. The largest absolute Gasteiger partial charge is 0.379 e. The minimum absolute atomic E-state index is 0.307. The van der Waals surface area contributed by atoms with Crippen LogP contribution in [0.3, 0.4) is 0 Å². The molecule has 1 saturated heterocycles. The molecule has 1 fully saturated rings. The van der Waals surface area contributed by atoms with E-state index in [-0.39, 0.29) is 6.04 Å². The van der Waals surface area contributed by atoms with E-state index in [4.69, 9.17) is 4.74 Å². The summed E-state index contributed by atoms with van der Waals surface area (Å²) in [7, 11) is -3.62. The molecule has 5 nitrogen and oxygen atoms in total. The quantitative estimate of drug-likeness (QED) is 0.734. The summed E-state index contributed by atoms with van der Waals surface area (Å²) in [6.07, 6.45) is 1.03. The molecule has 2 aromatic rings. The second-order valence-electron chi connectivity index (χ2n) is 7.38. The summed E-state index contributed by atoms with van der Waals surface area (Å²) in [5, 5.41) is 0. The lowest BCUT2D eigenvalue weighted by Gasteiger charge is -2.31. The van der Waals surface area contributed by atoms with Crippen molar-refractivity contribution in [2.75, 3.05) is 32.8 Å². The Kier molecular flexibility index (Phi) is 7.24. The van der Waals surface area contributed by atoms with Crippen LogP contribution >= 0.6 is 0 Å². The number of morpholine rings is 1. The molecule has 0 aromatic heterocycles. The fourth-order valence-corrected chi connectivity index (χ4v) is 4.62. The van der Waals surface area contributed by atoms with Gasteiger partial charge in [0, 0.05) is 19.6 Å². The van der Waals surface area contributed by atoms with Crippen LogP contribution in [0.4, 0.5) is 0 Å². The molecule has 1 heterocycles. The van der Waals surface area contributed by atoms with Crippen molar-refractivity contribution in [2.24, 2.45) is 0 Å². The summed E-state index contributed by atoms with van der Waals surface area (Å²) < 4.78 is 34.5. The monoisotopic (exact) mass is 402 g/mol. The van der Waals surface area contributed by atoms with Gasteiger partial charge in [-0.15, -0.1) is 0 Å². The van der Waals surface area contributed by atoms with Gasteiger partial charge in [0.2, 0.25) is 10.0 Å². The van der Waals surface area contributed by atoms with Crippen molar-refractivity contribution in [3.8, 4) is 0 Å². The molecule has 6 heteroatoms. The number of ether oxygens (including phenoxy) is 1. The number of nitrogens with one attached hydrogen (secondary N) is 1. The lowest BCUT2D eigenvalue weighted by molar-refractivity contribution is 0.0345. The summed E-state index contributed by atoms with van der Waals surface area (Å²) in [6, 6.07) is 16.7. The van der Waals surface area contributed by atoms with E-state index in [0.29, 0.717) is 30.6 Å². The Morgan fingerprint density at radius 1 is 1.00 bits per heavy atom. The number of nitrogens with zero attached hydrogens (tertiary/aromatic N) is 1. The van der Waals surface area contributed by atoms with Gasteiger partial charge in [0.05, 0.1) is 24.2 Å². The first-order chi connectivity index (χ1) is 13.5. The minimum atomic E-state index is -3.62. The first-order valence-corrected chi connectivity index (χ1v) is 11.4. The highest BCUT2D eigenvalue weighted by Crippen LogP contribution is 2.23. The highest BCUT2D eigenvalue weighted by molar-refractivity contribution is 7.89. The Hall–Kier alpha value is -1.73. The van der Waals surface area contributed by atoms with Crippen LogP contribution in [0.25, 0.3) is 0 Å². The maximum atomic E-state index is 13.1. The lowest BCUT2D eigenvalue weighted by atomic mass is 9.99. The van der Waals surface area contributed by atoms with E-state index in [0.717, 1.165) is 30.6 Å². The third kappa shape index (κ3) is 5.41. The minimum Gasteiger partial charge on any atom is -0.379 e. The van der Waals surface area contributed by atoms with E-state index >= 15 is 0 Å². The van der Waals surface area contributed by atoms with E-state index < -0.39 is 10.0 Å². The number of hydrogen-bond donors (Lipinski definition) is 1. The SMILES string of the molecule is CC[C@@H](C)c1ccc(S(=O)(=O)N[C@H](CN2CCOCC2)c2ccccc2)cc1. The third-order valence-corrected chi connectivity index (χ3v) is 6.90. The molecule has 1 N–H and O–H groups in total. The molecule has 0 spiro atoms. The van der Waals surface area contributed by atoms with Gasteiger partial charge in [0.25, 0.3) is 0 Å². The molecular formula is C22H30N2O3S. The standard InChI is InChI=1S/C22H30N2O3S/c1-3-18(2)19-9-11-21(12-10-19)28(25,26)23-22(20-7-5-4-6-8-20)17-24-13-15-27-16-14-24/h4-12,18,22-23H,3,13-17H2,1-2H3/t18-,22-/m1/s1. The molecule has 3 rings (SSSR count). The van der Waals surface area contributed by atoms with Crippen LogP contribution in [0, 0.1) is 0 Å². The Balaban J connectivity index is 1.80. The average molecular weight is 403 g/mol. The molecule has 0 unspecified atom stereocenters. The van der Waals surface area contributed by atoms with Crippen molar-refractivity contribution in [1.82, 2.24) is 9.62 Å². The van der Waals surface area contributed by atoms with Crippen molar-refractivity contribution in [2.45, 2.75) is 37.1 Å². The molecule has 0 saturated carbocycles. The number of hydrogen-bond acceptors (Lipinski definition) is 4. The van der Waals surface area contributed by atoms with Gasteiger partial charge in [-0.3, -0.25) is 4.90 Å². The molecule has 2 aromatic carbocycles. The van der Waals surface area contributed by atoms with Gasteiger partial charge < -0.3 is 4.74 Å². The Bertz CT molecular complexity index is 832. The van der Waals surface area contributed by atoms with Gasteiger partial charge >= 0.3 is 0 Å². The summed E-state index contributed by atoms with van der Waals surface area (Å²) >= 11 is 0. The van der Waals surface area contributed by atoms with Crippen molar-refractivity contribution >= 4 is 10.0 Å². The molecule has 0 bridgehead atoms. The van der Waals surface area contributed by atoms with Crippen molar-refractivity contribution < 1.29 is 13.2 Å². The van der Waals surface area contributed by atoms with Crippen LogP contribution in [0.2, 0.25) is 0 Å². The van der Waals surface area contributed by atoms with Gasteiger partial charge in [-0.25, -0.2) is 13.1 Å². The summed E-state index contributed by atoms with van der Waals surface area (Å²) in [5.74, 6) is 0.420. The first kappa shape index (κ1) is 21.0. The highest BCUT2D eigenvalue weighted by Gasteiger charge is 2.24. The zero-order valence-electron chi connectivity index (χ0n) is 16.7. The van der Waals surface area contributed by atoms with Crippen LogP contribution in [0.1, 0.15) is 43.4 Å². The van der Waals surface area contributed by atoms with Crippen LogP contribution in [0.5, 0.6) is 0 Å². The fourth-order valence-electron chi connectivity index (χ4n) is 3.40. The average Bonchev–Trinajstić information content (AvgIpc) is 2.74. The van der Waals surface area contributed by atoms with E-state index in [1.54, 1.807) is 12.1 Å². The van der Waals surface area contributed by atoms with Crippen LogP contribution in [0.15, 0.2) is 59.5 Å². The van der Waals surface area contributed by atoms with Crippen LogP contribution in [-0.2, 0) is 14.8 Å². The summed E-state index contributed by atoms with van der Waals surface area (Å²) in [4.78, 5) is 2.55. The Morgan fingerprint density at radius 3 is 2.25 bits per heavy atom. The number of rotatable bonds is 8. The normalized spacial score (nSPS) is 17.9. The molecule has 0 aliphatic carbocycles. The van der Waals surface area contributed by atoms with E-state index in [2.05, 4.69) is 23.5 Å².